The van der Waals surface area contributed by atoms with Gasteiger partial charge in [0.2, 0.25) is 0 Å². The topological polar surface area (TPSA) is 94.0 Å². The minimum absolute atomic E-state index is 0.00800. The van der Waals surface area contributed by atoms with Crippen molar-refractivity contribution in [3.05, 3.63) is 24.1 Å². The highest BCUT2D eigenvalue weighted by molar-refractivity contribution is 5.93. The molecule has 1 aliphatic rings. The molecule has 0 bridgehead atoms. The fourth-order valence-electron chi connectivity index (χ4n) is 2.31. The first-order chi connectivity index (χ1) is 12.2. The van der Waals surface area contributed by atoms with E-state index in [0.29, 0.717) is 24.5 Å². The van der Waals surface area contributed by atoms with Gasteiger partial charge in [-0.15, -0.1) is 0 Å². The molecule has 0 aliphatic carbocycles. The number of carbonyl (C=O) groups is 2. The lowest BCUT2D eigenvalue weighted by Gasteiger charge is -2.25. The molecule has 0 spiro atoms. The molecule has 25 heavy (non-hydrogen) atoms. The van der Waals surface area contributed by atoms with Crippen LogP contribution in [0.1, 0.15) is 24.3 Å². The summed E-state index contributed by atoms with van der Waals surface area (Å²) >= 11 is 0. The average molecular weight is 352 g/mol. The molecule has 138 valence electrons. The SMILES string of the molecule is CC.O=C(CN1CCOCC1)OCCOC(=O)c1cc2occc2[nH]1. The molecule has 0 saturated carbocycles. The van der Waals surface area contributed by atoms with Gasteiger partial charge in [0.05, 0.1) is 31.5 Å². The van der Waals surface area contributed by atoms with Gasteiger partial charge in [-0.25, -0.2) is 4.79 Å². The van der Waals surface area contributed by atoms with Gasteiger partial charge < -0.3 is 23.6 Å². The van der Waals surface area contributed by atoms with Crippen molar-refractivity contribution < 1.29 is 28.2 Å². The molecular formula is C17H24N2O6. The van der Waals surface area contributed by atoms with Crippen molar-refractivity contribution in [2.24, 2.45) is 0 Å². The first-order valence-electron chi connectivity index (χ1n) is 8.41. The Labute approximate surface area is 146 Å². The van der Waals surface area contributed by atoms with Gasteiger partial charge in [0.1, 0.15) is 18.9 Å². The number of hydrogen-bond donors (Lipinski definition) is 1. The van der Waals surface area contributed by atoms with Gasteiger partial charge in [0.25, 0.3) is 0 Å². The second kappa shape index (κ2) is 9.85. The van der Waals surface area contributed by atoms with Crippen LogP contribution < -0.4 is 0 Å². The maximum Gasteiger partial charge on any atom is 0.355 e. The number of H-pyrrole nitrogens is 1. The minimum Gasteiger partial charge on any atom is -0.463 e. The lowest BCUT2D eigenvalue weighted by Crippen LogP contribution is -2.40. The number of aromatic amines is 1. The van der Waals surface area contributed by atoms with E-state index in [2.05, 4.69) is 4.98 Å². The van der Waals surface area contributed by atoms with Crippen molar-refractivity contribution >= 4 is 23.0 Å². The number of nitrogens with one attached hydrogen (secondary N) is 1. The summed E-state index contributed by atoms with van der Waals surface area (Å²) in [6.45, 7) is 6.97. The van der Waals surface area contributed by atoms with Crippen LogP contribution in [0.3, 0.4) is 0 Å². The second-order valence-corrected chi connectivity index (χ2v) is 5.13. The maximum atomic E-state index is 11.8. The molecule has 0 aromatic carbocycles. The van der Waals surface area contributed by atoms with Crippen LogP contribution in [0.15, 0.2) is 22.8 Å². The summed E-state index contributed by atoms with van der Waals surface area (Å²) < 4.78 is 20.5. The van der Waals surface area contributed by atoms with E-state index in [9.17, 15) is 9.59 Å². The van der Waals surface area contributed by atoms with E-state index in [4.69, 9.17) is 18.6 Å². The van der Waals surface area contributed by atoms with E-state index < -0.39 is 5.97 Å². The molecule has 1 fully saturated rings. The second-order valence-electron chi connectivity index (χ2n) is 5.13. The Kier molecular flexibility index (Phi) is 7.49. The number of esters is 2. The zero-order chi connectivity index (χ0) is 18.1. The first kappa shape index (κ1) is 19.0. The molecule has 8 nitrogen and oxygen atoms in total. The van der Waals surface area contributed by atoms with E-state index in [1.807, 2.05) is 18.7 Å². The standard InChI is InChI=1S/C15H18N2O6.C2H6/c18-14(10-17-2-5-20-6-3-17)22-7-8-23-15(19)12-9-13-11(16-12)1-4-21-13;1-2/h1,4,9,16H,2-3,5-8,10H2;1-2H3. The van der Waals surface area contributed by atoms with Crippen LogP contribution in [0, 0.1) is 0 Å². The smallest absolute Gasteiger partial charge is 0.355 e. The van der Waals surface area contributed by atoms with Gasteiger partial charge in [-0.2, -0.15) is 0 Å². The van der Waals surface area contributed by atoms with Crippen LogP contribution >= 0.6 is 0 Å². The Morgan fingerprint density at radius 1 is 1.20 bits per heavy atom. The molecule has 2 aromatic rings. The summed E-state index contributed by atoms with van der Waals surface area (Å²) in [4.78, 5) is 28.3. The Bertz CT molecular complexity index is 643. The van der Waals surface area contributed by atoms with E-state index >= 15 is 0 Å². The summed E-state index contributed by atoms with van der Waals surface area (Å²) in [7, 11) is 0. The minimum atomic E-state index is -0.513. The number of fused-ring (bicyclic) bond motifs is 1. The Morgan fingerprint density at radius 3 is 2.64 bits per heavy atom. The molecule has 3 heterocycles. The third kappa shape index (κ3) is 5.61. The Balaban J connectivity index is 0.00000109. The normalized spacial score (nSPS) is 14.6. The van der Waals surface area contributed by atoms with Crippen molar-refractivity contribution in [2.45, 2.75) is 13.8 Å². The highest BCUT2D eigenvalue weighted by Crippen LogP contribution is 2.16. The monoisotopic (exact) mass is 352 g/mol. The number of morpholine rings is 1. The summed E-state index contributed by atoms with van der Waals surface area (Å²) in [5.41, 5.74) is 1.63. The molecule has 1 N–H and O–H groups in total. The summed E-state index contributed by atoms with van der Waals surface area (Å²) in [6.07, 6.45) is 1.53. The Hall–Kier alpha value is -2.32. The molecule has 2 aromatic heterocycles. The number of aromatic nitrogens is 1. The fraction of sp³-hybridized carbons (Fsp3) is 0.529. The van der Waals surface area contributed by atoms with Crippen molar-refractivity contribution in [3.8, 4) is 0 Å². The van der Waals surface area contributed by atoms with E-state index in [0.717, 1.165) is 18.6 Å². The van der Waals surface area contributed by atoms with Crippen molar-refractivity contribution in [3.63, 3.8) is 0 Å². The van der Waals surface area contributed by atoms with Gasteiger partial charge in [-0.05, 0) is 0 Å². The third-order valence-electron chi connectivity index (χ3n) is 3.50. The highest BCUT2D eigenvalue weighted by Gasteiger charge is 2.16. The van der Waals surface area contributed by atoms with Gasteiger partial charge in [0.15, 0.2) is 5.58 Å². The number of nitrogens with zero attached hydrogens (tertiary/aromatic N) is 1. The Morgan fingerprint density at radius 2 is 1.92 bits per heavy atom. The molecule has 8 heteroatoms. The van der Waals surface area contributed by atoms with Crippen molar-refractivity contribution in [2.75, 3.05) is 46.1 Å². The quantitative estimate of drug-likeness (QED) is 0.626. The third-order valence-corrected chi connectivity index (χ3v) is 3.50. The number of ether oxygens (including phenoxy) is 3. The fourth-order valence-corrected chi connectivity index (χ4v) is 2.31. The largest absolute Gasteiger partial charge is 0.463 e. The predicted octanol–water partition coefficient (Wildman–Crippen LogP) is 1.82. The lowest BCUT2D eigenvalue weighted by molar-refractivity contribution is -0.147. The van der Waals surface area contributed by atoms with Crippen LogP contribution in [0.4, 0.5) is 0 Å². The zero-order valence-electron chi connectivity index (χ0n) is 14.6. The van der Waals surface area contributed by atoms with E-state index in [1.165, 1.54) is 6.26 Å². The molecule has 1 aliphatic heterocycles. The van der Waals surface area contributed by atoms with Gasteiger partial charge in [-0.1, -0.05) is 13.8 Å². The molecule has 3 rings (SSSR count). The van der Waals surface area contributed by atoms with Gasteiger partial charge >= 0.3 is 11.9 Å². The average Bonchev–Trinajstić information content (AvgIpc) is 3.23. The molecular weight excluding hydrogens is 328 g/mol. The summed E-state index contributed by atoms with van der Waals surface area (Å²) in [5, 5.41) is 0. The highest BCUT2D eigenvalue weighted by atomic mass is 16.6. The van der Waals surface area contributed by atoms with Crippen LogP contribution in [-0.2, 0) is 19.0 Å². The number of carbonyl (C=O) groups excluding carboxylic acids is 2. The molecule has 0 amide bonds. The number of hydrogen-bond acceptors (Lipinski definition) is 7. The summed E-state index contributed by atoms with van der Waals surface area (Å²) in [5.74, 6) is -0.846. The van der Waals surface area contributed by atoms with E-state index in [1.54, 1.807) is 12.1 Å². The summed E-state index contributed by atoms with van der Waals surface area (Å²) in [6, 6.07) is 3.29. The van der Waals surface area contributed by atoms with Crippen molar-refractivity contribution in [1.29, 1.82) is 0 Å². The van der Waals surface area contributed by atoms with Crippen LogP contribution in [-0.4, -0.2) is 67.9 Å². The first-order valence-corrected chi connectivity index (χ1v) is 8.41. The molecule has 0 atom stereocenters. The van der Waals surface area contributed by atoms with Crippen LogP contribution in [0.5, 0.6) is 0 Å². The number of rotatable bonds is 6. The molecule has 1 saturated heterocycles. The predicted molar refractivity (Wildman–Crippen MR) is 90.4 cm³/mol. The van der Waals surface area contributed by atoms with E-state index in [-0.39, 0.29) is 25.7 Å². The van der Waals surface area contributed by atoms with Crippen LogP contribution in [0.2, 0.25) is 0 Å². The maximum absolute atomic E-state index is 11.8. The number of furan rings is 1. The van der Waals surface area contributed by atoms with Crippen LogP contribution in [0.25, 0.3) is 11.1 Å². The molecule has 0 radical (unpaired) electrons. The zero-order valence-corrected chi connectivity index (χ0v) is 14.6. The lowest BCUT2D eigenvalue weighted by atomic mass is 10.4. The van der Waals surface area contributed by atoms with Crippen molar-refractivity contribution in [1.82, 2.24) is 9.88 Å². The van der Waals surface area contributed by atoms with Gasteiger partial charge in [0, 0.05) is 25.2 Å². The van der Waals surface area contributed by atoms with Gasteiger partial charge in [-0.3, -0.25) is 9.69 Å². The molecule has 0 unspecified atom stereocenters.